The maximum Gasteiger partial charge on any atom is 0.262 e. The van der Waals surface area contributed by atoms with Crippen molar-refractivity contribution in [2.24, 2.45) is 0 Å². The first kappa shape index (κ1) is 22.1. The van der Waals surface area contributed by atoms with Crippen molar-refractivity contribution in [1.82, 2.24) is 15.2 Å². The van der Waals surface area contributed by atoms with E-state index in [0.29, 0.717) is 19.7 Å². The number of amides is 2. The Labute approximate surface area is 187 Å². The molecule has 0 spiro atoms. The molecule has 3 heterocycles. The summed E-state index contributed by atoms with van der Waals surface area (Å²) in [5.74, 6) is -0.527. The van der Waals surface area contributed by atoms with Crippen LogP contribution in [0.15, 0.2) is 36.0 Å². The van der Waals surface area contributed by atoms with Gasteiger partial charge in [-0.25, -0.2) is 0 Å². The summed E-state index contributed by atoms with van der Waals surface area (Å²) in [6.07, 6.45) is 7.37. The molecule has 0 aliphatic carbocycles. The van der Waals surface area contributed by atoms with Crippen LogP contribution >= 0.6 is 0 Å². The Balaban J connectivity index is 1.47. The lowest BCUT2D eigenvalue weighted by molar-refractivity contribution is -0.122. The summed E-state index contributed by atoms with van der Waals surface area (Å²) < 4.78 is 12.9. The summed E-state index contributed by atoms with van der Waals surface area (Å²) in [6, 6.07) is 9.63. The molecule has 32 heavy (non-hydrogen) atoms. The maximum atomic E-state index is 12.5. The van der Waals surface area contributed by atoms with Gasteiger partial charge in [0, 0.05) is 49.0 Å². The minimum absolute atomic E-state index is 0.00829. The third-order valence-electron chi connectivity index (χ3n) is 5.86. The maximum absolute atomic E-state index is 12.5. The van der Waals surface area contributed by atoms with E-state index in [9.17, 15) is 14.9 Å². The number of hydrogen-bond donors (Lipinski definition) is 2. The van der Waals surface area contributed by atoms with Crippen molar-refractivity contribution in [3.8, 4) is 6.07 Å². The summed E-state index contributed by atoms with van der Waals surface area (Å²) >= 11 is 0. The average Bonchev–Trinajstić information content (AvgIpc) is 3.57. The highest BCUT2D eigenvalue weighted by Gasteiger charge is 2.19. The number of fused-ring (bicyclic) bond motifs is 1. The third-order valence-corrected chi connectivity index (χ3v) is 5.86. The largest absolute Gasteiger partial charge is 0.376 e. The van der Waals surface area contributed by atoms with Crippen LogP contribution in [0.25, 0.3) is 17.0 Å². The molecule has 2 unspecified atom stereocenters. The molecular weight excluding hydrogens is 408 g/mol. The Morgan fingerprint density at radius 2 is 1.78 bits per heavy atom. The third kappa shape index (κ3) is 5.36. The van der Waals surface area contributed by atoms with Gasteiger partial charge in [-0.15, -0.1) is 0 Å². The molecule has 1 aromatic carbocycles. The summed E-state index contributed by atoms with van der Waals surface area (Å²) in [5.41, 5.74) is 1.60. The van der Waals surface area contributed by atoms with Gasteiger partial charge in [0.25, 0.3) is 5.91 Å². The zero-order valence-electron chi connectivity index (χ0n) is 18.0. The molecule has 2 aliphatic heterocycles. The van der Waals surface area contributed by atoms with Crippen molar-refractivity contribution in [3.63, 3.8) is 0 Å². The first-order valence-corrected chi connectivity index (χ1v) is 11.1. The van der Waals surface area contributed by atoms with Crippen molar-refractivity contribution in [1.29, 1.82) is 5.26 Å². The highest BCUT2D eigenvalue weighted by molar-refractivity contribution is 6.04. The zero-order chi connectivity index (χ0) is 22.3. The van der Waals surface area contributed by atoms with Crippen LogP contribution in [0, 0.1) is 11.3 Å². The molecule has 2 atom stereocenters. The molecule has 2 aromatic rings. The average molecular weight is 437 g/mol. The summed E-state index contributed by atoms with van der Waals surface area (Å²) in [7, 11) is 0. The quantitative estimate of drug-likeness (QED) is 0.487. The predicted molar refractivity (Wildman–Crippen MR) is 119 cm³/mol. The number of nitrogens with one attached hydrogen (secondary N) is 2. The lowest BCUT2D eigenvalue weighted by Gasteiger charge is -2.11. The fourth-order valence-electron chi connectivity index (χ4n) is 4.18. The van der Waals surface area contributed by atoms with Gasteiger partial charge in [-0.3, -0.25) is 9.59 Å². The Hall–Kier alpha value is -3.15. The van der Waals surface area contributed by atoms with Gasteiger partial charge in [0.2, 0.25) is 5.91 Å². The Morgan fingerprint density at radius 1 is 1.09 bits per heavy atom. The van der Waals surface area contributed by atoms with Crippen LogP contribution in [0.4, 0.5) is 0 Å². The minimum Gasteiger partial charge on any atom is -0.376 e. The molecule has 1 aromatic heterocycles. The van der Waals surface area contributed by atoms with Gasteiger partial charge in [-0.05, 0) is 37.8 Å². The van der Waals surface area contributed by atoms with E-state index in [4.69, 9.17) is 9.47 Å². The van der Waals surface area contributed by atoms with Crippen molar-refractivity contribution in [2.45, 2.75) is 44.4 Å². The van der Waals surface area contributed by atoms with Gasteiger partial charge in [0.05, 0.1) is 12.2 Å². The molecule has 0 radical (unpaired) electrons. The van der Waals surface area contributed by atoms with Crippen molar-refractivity contribution < 1.29 is 19.1 Å². The lowest BCUT2D eigenvalue weighted by Crippen LogP contribution is -2.34. The van der Waals surface area contributed by atoms with Crippen LogP contribution < -0.4 is 10.6 Å². The summed E-state index contributed by atoms with van der Waals surface area (Å²) in [6.45, 7) is 2.51. The van der Waals surface area contributed by atoms with E-state index in [0.717, 1.165) is 48.8 Å². The van der Waals surface area contributed by atoms with E-state index in [-0.39, 0.29) is 30.2 Å². The van der Waals surface area contributed by atoms with Crippen LogP contribution in [0.2, 0.25) is 0 Å². The second-order valence-electron chi connectivity index (χ2n) is 8.18. The second-order valence-corrected chi connectivity index (χ2v) is 8.18. The van der Waals surface area contributed by atoms with Gasteiger partial charge in [-0.2, -0.15) is 5.26 Å². The summed E-state index contributed by atoms with van der Waals surface area (Å²) in [4.78, 5) is 25.0. The number of aromatic nitrogens is 1. The number of hydrogen-bond acceptors (Lipinski definition) is 5. The van der Waals surface area contributed by atoms with Gasteiger partial charge < -0.3 is 24.7 Å². The highest BCUT2D eigenvalue weighted by Crippen LogP contribution is 2.24. The molecular formula is C24H28N4O4. The van der Waals surface area contributed by atoms with Crippen molar-refractivity contribution >= 4 is 28.8 Å². The van der Waals surface area contributed by atoms with Crippen molar-refractivity contribution in [3.05, 3.63) is 41.6 Å². The number of para-hydroxylation sites is 1. The SMILES string of the molecule is N#C/C(=C\c1cn(CC(=O)NCC2CCCO2)c2ccccc12)C(=O)NCC1CCCO1. The number of carbonyl (C=O) groups is 2. The van der Waals surface area contributed by atoms with Crippen LogP contribution in [0.1, 0.15) is 31.2 Å². The van der Waals surface area contributed by atoms with Crippen LogP contribution in [0.3, 0.4) is 0 Å². The smallest absolute Gasteiger partial charge is 0.262 e. The van der Waals surface area contributed by atoms with E-state index < -0.39 is 5.91 Å². The van der Waals surface area contributed by atoms with Gasteiger partial charge in [0.15, 0.2) is 0 Å². The molecule has 168 valence electrons. The van der Waals surface area contributed by atoms with Crippen molar-refractivity contribution in [2.75, 3.05) is 26.3 Å². The van der Waals surface area contributed by atoms with E-state index in [2.05, 4.69) is 10.6 Å². The minimum atomic E-state index is -0.422. The van der Waals surface area contributed by atoms with E-state index >= 15 is 0 Å². The molecule has 0 saturated carbocycles. The lowest BCUT2D eigenvalue weighted by atomic mass is 10.1. The molecule has 2 N–H and O–H groups in total. The fourth-order valence-corrected chi connectivity index (χ4v) is 4.18. The molecule has 4 rings (SSSR count). The fraction of sp³-hybridized carbons (Fsp3) is 0.458. The highest BCUT2D eigenvalue weighted by atomic mass is 16.5. The summed E-state index contributed by atoms with van der Waals surface area (Å²) in [5, 5.41) is 16.1. The van der Waals surface area contributed by atoms with E-state index in [1.807, 2.05) is 34.9 Å². The standard InChI is InChI=1S/C24H28N4O4/c25-12-17(24(30)27-14-20-6-4-10-32-20)11-18-15-28(22-8-2-1-7-21(18)22)16-23(29)26-13-19-5-3-9-31-19/h1-2,7-8,11,15,19-20H,3-6,9-10,13-14,16H2,(H,26,29)(H,27,30)/b17-11+. The number of nitrogens with zero attached hydrogens (tertiary/aromatic N) is 2. The first-order chi connectivity index (χ1) is 15.6. The predicted octanol–water partition coefficient (Wildman–Crippen LogP) is 2.14. The number of ether oxygens (including phenoxy) is 2. The molecule has 8 nitrogen and oxygen atoms in total. The zero-order valence-corrected chi connectivity index (χ0v) is 18.0. The van der Waals surface area contributed by atoms with Crippen LogP contribution in [0.5, 0.6) is 0 Å². The number of carbonyl (C=O) groups excluding carboxylic acids is 2. The molecule has 2 amide bonds. The Morgan fingerprint density at radius 3 is 2.44 bits per heavy atom. The Bertz CT molecular complexity index is 1040. The monoisotopic (exact) mass is 436 g/mol. The normalized spacial score (nSPS) is 20.9. The van der Waals surface area contributed by atoms with Gasteiger partial charge in [0.1, 0.15) is 18.2 Å². The van der Waals surface area contributed by atoms with Gasteiger partial charge in [-0.1, -0.05) is 18.2 Å². The van der Waals surface area contributed by atoms with Crippen LogP contribution in [-0.2, 0) is 25.6 Å². The topological polar surface area (TPSA) is 105 Å². The van der Waals surface area contributed by atoms with E-state index in [1.54, 1.807) is 12.3 Å². The van der Waals surface area contributed by atoms with Crippen LogP contribution in [-0.4, -0.2) is 54.9 Å². The number of benzene rings is 1. The molecule has 2 fully saturated rings. The number of nitriles is 1. The molecule has 2 saturated heterocycles. The first-order valence-electron chi connectivity index (χ1n) is 11.1. The second kappa shape index (κ2) is 10.4. The number of rotatable bonds is 8. The van der Waals surface area contributed by atoms with E-state index in [1.165, 1.54) is 0 Å². The molecule has 8 heteroatoms. The molecule has 0 bridgehead atoms. The Kier molecular flexibility index (Phi) is 7.20. The molecule has 2 aliphatic rings. The van der Waals surface area contributed by atoms with Gasteiger partial charge >= 0.3 is 0 Å².